The first-order chi connectivity index (χ1) is 20.3. The van der Waals surface area contributed by atoms with Gasteiger partial charge in [-0.25, -0.2) is 9.07 Å². The lowest BCUT2D eigenvalue weighted by Gasteiger charge is -2.26. The van der Waals surface area contributed by atoms with E-state index in [1.54, 1.807) is 29.2 Å². The van der Waals surface area contributed by atoms with Crippen molar-refractivity contribution in [2.75, 3.05) is 39.1 Å². The highest BCUT2D eigenvalue weighted by Gasteiger charge is 2.23. The van der Waals surface area contributed by atoms with Crippen LogP contribution in [0.5, 0.6) is 17.5 Å². The Morgan fingerprint density at radius 1 is 1.07 bits per heavy atom. The second kappa shape index (κ2) is 10.9. The van der Waals surface area contributed by atoms with Gasteiger partial charge in [-0.3, -0.25) is 9.59 Å². The van der Waals surface area contributed by atoms with Crippen molar-refractivity contribution in [3.05, 3.63) is 89.2 Å². The molecule has 3 N–H and O–H groups in total. The minimum absolute atomic E-state index is 0.0150. The van der Waals surface area contributed by atoms with E-state index < -0.39 is 17.4 Å². The fraction of sp³-hybridized carbons (Fsp3) is 0.172. The number of ether oxygens (including phenoxy) is 3. The number of pyridine rings is 1. The van der Waals surface area contributed by atoms with Gasteiger partial charge < -0.3 is 29.8 Å². The van der Waals surface area contributed by atoms with E-state index in [1.165, 1.54) is 42.3 Å². The van der Waals surface area contributed by atoms with E-state index in [4.69, 9.17) is 19.9 Å². The number of nitrogens with one attached hydrogen (secondary N) is 1. The molecule has 0 atom stereocenters. The molecule has 5 aromatic rings. The van der Waals surface area contributed by atoms with Crippen LogP contribution >= 0.6 is 0 Å². The SMILES string of the molecule is COc1nc(Oc2cccc(F)c2F)ccc1-n1ncc(C(=O)c2cc3cc(C(=O)N4CCOCC4)ccc3[nH]2)c1N. The molecule has 214 valence electrons. The number of hydrogen-bond acceptors (Lipinski definition) is 8. The van der Waals surface area contributed by atoms with Gasteiger partial charge in [-0.1, -0.05) is 6.07 Å². The van der Waals surface area contributed by atoms with Crippen molar-refractivity contribution in [2.45, 2.75) is 0 Å². The van der Waals surface area contributed by atoms with Gasteiger partial charge >= 0.3 is 0 Å². The highest BCUT2D eigenvalue weighted by molar-refractivity contribution is 6.13. The monoisotopic (exact) mass is 574 g/mol. The van der Waals surface area contributed by atoms with Gasteiger partial charge in [-0.15, -0.1) is 0 Å². The number of fused-ring (bicyclic) bond motifs is 1. The molecular weight excluding hydrogens is 550 g/mol. The van der Waals surface area contributed by atoms with Gasteiger partial charge in [0.25, 0.3) is 5.91 Å². The smallest absolute Gasteiger partial charge is 0.254 e. The zero-order valence-corrected chi connectivity index (χ0v) is 22.3. The van der Waals surface area contributed by atoms with Crippen LogP contribution in [0.4, 0.5) is 14.6 Å². The Labute approximate surface area is 237 Å². The van der Waals surface area contributed by atoms with Gasteiger partial charge in [0.15, 0.2) is 11.6 Å². The van der Waals surface area contributed by atoms with Gasteiger partial charge in [-0.05, 0) is 42.5 Å². The number of aromatic amines is 1. The third-order valence-corrected chi connectivity index (χ3v) is 6.83. The molecule has 11 nitrogen and oxygen atoms in total. The van der Waals surface area contributed by atoms with E-state index in [0.717, 1.165) is 6.07 Å². The summed E-state index contributed by atoms with van der Waals surface area (Å²) in [5, 5.41) is 4.94. The molecule has 0 radical (unpaired) electrons. The zero-order valence-electron chi connectivity index (χ0n) is 22.3. The summed E-state index contributed by atoms with van der Waals surface area (Å²) >= 11 is 0. The molecule has 2 aromatic carbocycles. The van der Waals surface area contributed by atoms with Crippen LogP contribution in [0.3, 0.4) is 0 Å². The molecule has 1 saturated heterocycles. The maximum Gasteiger partial charge on any atom is 0.254 e. The number of carbonyl (C=O) groups is 2. The number of hydrogen-bond donors (Lipinski definition) is 2. The maximum absolute atomic E-state index is 14.0. The number of anilines is 1. The Hall–Kier alpha value is -5.30. The second-order valence-corrected chi connectivity index (χ2v) is 9.41. The predicted octanol–water partition coefficient (Wildman–Crippen LogP) is 4.11. The number of carbonyl (C=O) groups excluding carboxylic acids is 2. The number of H-pyrrole nitrogens is 1. The average molecular weight is 575 g/mol. The molecule has 0 spiro atoms. The molecule has 0 saturated carbocycles. The van der Waals surface area contributed by atoms with Crippen LogP contribution in [0.2, 0.25) is 0 Å². The number of nitrogen functional groups attached to an aromatic ring is 1. The van der Waals surface area contributed by atoms with Crippen LogP contribution in [0, 0.1) is 11.6 Å². The minimum Gasteiger partial charge on any atom is -0.479 e. The minimum atomic E-state index is -1.15. The molecule has 42 heavy (non-hydrogen) atoms. The molecule has 1 aliphatic rings. The Morgan fingerprint density at radius 2 is 1.88 bits per heavy atom. The van der Waals surface area contributed by atoms with Crippen molar-refractivity contribution in [3.8, 4) is 23.2 Å². The van der Waals surface area contributed by atoms with Crippen molar-refractivity contribution in [1.82, 2.24) is 24.6 Å². The Bertz CT molecular complexity index is 1830. The summed E-state index contributed by atoms with van der Waals surface area (Å²) in [5.74, 6) is -3.10. The molecule has 1 amide bonds. The van der Waals surface area contributed by atoms with Crippen LogP contribution in [-0.2, 0) is 4.74 Å². The van der Waals surface area contributed by atoms with E-state index in [0.29, 0.717) is 42.8 Å². The maximum atomic E-state index is 14.0. The topological polar surface area (TPSA) is 138 Å². The van der Waals surface area contributed by atoms with Crippen LogP contribution in [0.25, 0.3) is 16.6 Å². The van der Waals surface area contributed by atoms with E-state index in [9.17, 15) is 18.4 Å². The van der Waals surface area contributed by atoms with Gasteiger partial charge in [-0.2, -0.15) is 14.5 Å². The third-order valence-electron chi connectivity index (χ3n) is 6.83. The molecule has 13 heteroatoms. The first-order valence-electron chi connectivity index (χ1n) is 12.9. The second-order valence-electron chi connectivity index (χ2n) is 9.41. The molecule has 1 fully saturated rings. The average Bonchev–Trinajstić information content (AvgIpc) is 3.62. The van der Waals surface area contributed by atoms with E-state index >= 15 is 0 Å². The fourth-order valence-corrected chi connectivity index (χ4v) is 4.67. The van der Waals surface area contributed by atoms with Crippen LogP contribution in [-0.4, -0.2) is 69.8 Å². The van der Waals surface area contributed by atoms with Gasteiger partial charge in [0.2, 0.25) is 23.4 Å². The Morgan fingerprint density at radius 3 is 2.67 bits per heavy atom. The first kappa shape index (κ1) is 26.9. The summed E-state index contributed by atoms with van der Waals surface area (Å²) in [6.07, 6.45) is 1.32. The number of nitrogens with zero attached hydrogens (tertiary/aromatic N) is 4. The molecule has 4 heterocycles. The summed E-state index contributed by atoms with van der Waals surface area (Å²) in [6.45, 7) is 2.05. The summed E-state index contributed by atoms with van der Waals surface area (Å²) in [4.78, 5) is 35.3. The normalized spacial score (nSPS) is 13.4. The quantitative estimate of drug-likeness (QED) is 0.277. The number of methoxy groups -OCH3 is 1. The van der Waals surface area contributed by atoms with Crippen LogP contribution < -0.4 is 15.2 Å². The lowest BCUT2D eigenvalue weighted by atomic mass is 10.1. The highest BCUT2D eigenvalue weighted by atomic mass is 19.2. The number of rotatable bonds is 7. The van der Waals surface area contributed by atoms with Crippen molar-refractivity contribution >= 4 is 28.4 Å². The molecule has 6 rings (SSSR count). The lowest BCUT2D eigenvalue weighted by molar-refractivity contribution is 0.0303. The standard InChI is InChI=1S/C29H24F2N6O5/c1-40-28-22(7-8-24(35-28)42-23-4-2-3-19(30)25(23)31)37-27(32)18(15-33-37)26(38)21-14-17-13-16(5-6-20(17)34-21)29(39)36-9-11-41-12-10-36/h2-8,13-15,34H,9-12,32H2,1H3. The van der Waals surface area contributed by atoms with Gasteiger partial charge in [0.05, 0.1) is 37.8 Å². The number of ketones is 1. The molecule has 0 unspecified atom stereocenters. The summed E-state index contributed by atoms with van der Waals surface area (Å²) in [5.41, 5.74) is 8.20. The molecular formula is C29H24F2N6O5. The molecule has 3 aromatic heterocycles. The number of benzene rings is 2. The lowest BCUT2D eigenvalue weighted by Crippen LogP contribution is -2.40. The summed E-state index contributed by atoms with van der Waals surface area (Å²) in [6, 6.07) is 13.3. The molecule has 0 bridgehead atoms. The highest BCUT2D eigenvalue weighted by Crippen LogP contribution is 2.31. The molecule has 0 aliphatic carbocycles. The van der Waals surface area contributed by atoms with Crippen molar-refractivity contribution < 1.29 is 32.6 Å². The number of nitrogens with two attached hydrogens (primary N) is 1. The number of aromatic nitrogens is 4. The van der Waals surface area contributed by atoms with Crippen LogP contribution in [0.15, 0.2) is 60.8 Å². The third kappa shape index (κ3) is 4.90. The van der Waals surface area contributed by atoms with Crippen LogP contribution in [0.1, 0.15) is 26.4 Å². The van der Waals surface area contributed by atoms with Gasteiger partial charge in [0.1, 0.15) is 11.5 Å². The van der Waals surface area contributed by atoms with Crippen molar-refractivity contribution in [2.24, 2.45) is 0 Å². The fourth-order valence-electron chi connectivity index (χ4n) is 4.67. The first-order valence-corrected chi connectivity index (χ1v) is 12.9. The van der Waals surface area contributed by atoms with Crippen molar-refractivity contribution in [3.63, 3.8) is 0 Å². The van der Waals surface area contributed by atoms with E-state index in [2.05, 4.69) is 15.1 Å². The summed E-state index contributed by atoms with van der Waals surface area (Å²) in [7, 11) is 1.35. The number of morpholine rings is 1. The predicted molar refractivity (Wildman–Crippen MR) is 147 cm³/mol. The Kier molecular flexibility index (Phi) is 7.00. The Balaban J connectivity index is 1.25. The van der Waals surface area contributed by atoms with E-state index in [1.807, 2.05) is 0 Å². The largest absolute Gasteiger partial charge is 0.479 e. The van der Waals surface area contributed by atoms with E-state index in [-0.39, 0.29) is 46.2 Å². The zero-order chi connectivity index (χ0) is 29.4. The molecule has 1 aliphatic heterocycles. The number of amides is 1. The van der Waals surface area contributed by atoms with Gasteiger partial charge in [0, 0.05) is 35.6 Å². The summed E-state index contributed by atoms with van der Waals surface area (Å²) < 4.78 is 44.9. The van der Waals surface area contributed by atoms with Crippen molar-refractivity contribution in [1.29, 1.82) is 0 Å². The number of halogens is 2.